The molecule has 76 valence electrons. The molecule has 1 N–H and O–H groups in total. The maximum absolute atomic E-state index is 10.4. The molecule has 1 atom stereocenters. The lowest BCUT2D eigenvalue weighted by Gasteiger charge is -2.09. The summed E-state index contributed by atoms with van der Waals surface area (Å²) in [7, 11) is 1.74. The predicted molar refractivity (Wildman–Crippen MR) is 55.0 cm³/mol. The van der Waals surface area contributed by atoms with Crippen molar-refractivity contribution in [2.24, 2.45) is 0 Å². The van der Waals surface area contributed by atoms with E-state index in [1.54, 1.807) is 7.05 Å². The first-order valence-corrected chi connectivity index (χ1v) is 4.61. The van der Waals surface area contributed by atoms with Crippen LogP contribution in [-0.2, 0) is 16.1 Å². The van der Waals surface area contributed by atoms with Crippen LogP contribution in [0.4, 0.5) is 0 Å². The molecule has 3 nitrogen and oxygen atoms in total. The summed E-state index contributed by atoms with van der Waals surface area (Å²) in [5.74, 6) is 0. The van der Waals surface area contributed by atoms with Gasteiger partial charge in [-0.15, -0.1) is 0 Å². The predicted octanol–water partition coefficient (Wildman–Crippen LogP) is 0.990. The van der Waals surface area contributed by atoms with Crippen LogP contribution in [0.3, 0.4) is 0 Å². The minimum atomic E-state index is -0.210. The first-order chi connectivity index (χ1) is 6.86. The van der Waals surface area contributed by atoms with E-state index in [2.05, 4.69) is 5.32 Å². The summed E-state index contributed by atoms with van der Waals surface area (Å²) in [6, 6.07) is 9.68. The number of hydrogen-bond donors (Lipinski definition) is 1. The van der Waals surface area contributed by atoms with Gasteiger partial charge in [0.15, 0.2) is 0 Å². The van der Waals surface area contributed by atoms with Gasteiger partial charge in [0, 0.05) is 0 Å². The summed E-state index contributed by atoms with van der Waals surface area (Å²) in [5, 5.41) is 2.84. The molecule has 0 aromatic heterocycles. The minimum absolute atomic E-state index is 0.210. The zero-order valence-corrected chi connectivity index (χ0v) is 8.27. The molecule has 1 aromatic rings. The third-order valence-electron chi connectivity index (χ3n) is 1.94. The van der Waals surface area contributed by atoms with Crippen LogP contribution >= 0.6 is 0 Å². The number of nitrogens with one attached hydrogen (secondary N) is 1. The molecule has 1 aromatic carbocycles. The normalized spacial score (nSPS) is 12.4. The second kappa shape index (κ2) is 6.29. The van der Waals surface area contributed by atoms with E-state index in [1.165, 1.54) is 0 Å². The van der Waals surface area contributed by atoms with Gasteiger partial charge >= 0.3 is 0 Å². The van der Waals surface area contributed by atoms with Crippen LogP contribution in [-0.4, -0.2) is 26.0 Å². The number of aldehydes is 1. The molecule has 0 heterocycles. The lowest BCUT2D eigenvalue weighted by Crippen LogP contribution is -2.31. The van der Waals surface area contributed by atoms with Crippen molar-refractivity contribution in [1.29, 1.82) is 0 Å². The van der Waals surface area contributed by atoms with E-state index in [9.17, 15) is 4.79 Å². The van der Waals surface area contributed by atoms with E-state index in [1.807, 2.05) is 30.3 Å². The van der Waals surface area contributed by atoms with E-state index in [0.717, 1.165) is 11.8 Å². The maximum atomic E-state index is 10.4. The highest BCUT2D eigenvalue weighted by Crippen LogP contribution is 2.00. The topological polar surface area (TPSA) is 38.3 Å². The average molecular weight is 193 g/mol. The molecule has 3 heteroatoms. The van der Waals surface area contributed by atoms with Gasteiger partial charge in [0.05, 0.1) is 19.3 Å². The van der Waals surface area contributed by atoms with Crippen molar-refractivity contribution in [1.82, 2.24) is 5.32 Å². The van der Waals surface area contributed by atoms with Gasteiger partial charge in [0.25, 0.3) is 0 Å². The summed E-state index contributed by atoms with van der Waals surface area (Å²) in [5.41, 5.74) is 1.12. The van der Waals surface area contributed by atoms with E-state index in [4.69, 9.17) is 4.74 Å². The molecular weight excluding hydrogens is 178 g/mol. The molecule has 1 rings (SSSR count). The molecule has 0 aliphatic rings. The molecule has 0 bridgehead atoms. The zero-order valence-electron chi connectivity index (χ0n) is 8.27. The lowest BCUT2D eigenvalue weighted by molar-refractivity contribution is -0.110. The van der Waals surface area contributed by atoms with Crippen molar-refractivity contribution in [3.63, 3.8) is 0 Å². The largest absolute Gasteiger partial charge is 0.375 e. The van der Waals surface area contributed by atoms with E-state index >= 15 is 0 Å². The summed E-state index contributed by atoms with van der Waals surface area (Å²) < 4.78 is 5.37. The van der Waals surface area contributed by atoms with Crippen LogP contribution in [0, 0.1) is 0 Å². The van der Waals surface area contributed by atoms with E-state index < -0.39 is 0 Å². The highest BCUT2D eigenvalue weighted by Gasteiger charge is 2.02. The molecule has 0 fully saturated rings. The van der Waals surface area contributed by atoms with Gasteiger partial charge in [-0.2, -0.15) is 0 Å². The molecule has 1 unspecified atom stereocenters. The van der Waals surface area contributed by atoms with Gasteiger partial charge in [-0.1, -0.05) is 30.3 Å². The first-order valence-electron chi connectivity index (χ1n) is 4.61. The highest BCUT2D eigenvalue weighted by molar-refractivity contribution is 5.57. The quantitative estimate of drug-likeness (QED) is 0.685. The second-order valence-electron chi connectivity index (χ2n) is 3.03. The van der Waals surface area contributed by atoms with Crippen LogP contribution in [0.25, 0.3) is 0 Å². The number of rotatable bonds is 6. The molecule has 0 aliphatic carbocycles. The summed E-state index contributed by atoms with van der Waals surface area (Å²) in [6.07, 6.45) is 0.852. The number of hydrogen-bond acceptors (Lipinski definition) is 3. The van der Waals surface area contributed by atoms with Crippen molar-refractivity contribution in [3.8, 4) is 0 Å². The van der Waals surface area contributed by atoms with Gasteiger partial charge in [0.2, 0.25) is 0 Å². The Kier molecular flexibility index (Phi) is 4.89. The molecule has 0 amide bonds. The van der Waals surface area contributed by atoms with Crippen LogP contribution < -0.4 is 5.32 Å². The third-order valence-corrected chi connectivity index (χ3v) is 1.94. The number of likely N-dealkylation sites (N-methyl/N-ethyl adjacent to an activating group) is 1. The Hall–Kier alpha value is -1.19. The summed E-state index contributed by atoms with van der Waals surface area (Å²) in [6.45, 7) is 0.960. The molecule has 0 radical (unpaired) electrons. The summed E-state index contributed by atoms with van der Waals surface area (Å²) in [4.78, 5) is 10.4. The number of carbonyl (C=O) groups is 1. The number of benzene rings is 1. The van der Waals surface area contributed by atoms with Crippen molar-refractivity contribution in [2.45, 2.75) is 12.6 Å². The fourth-order valence-electron chi connectivity index (χ4n) is 1.07. The van der Waals surface area contributed by atoms with Crippen molar-refractivity contribution in [3.05, 3.63) is 35.9 Å². The molecule has 14 heavy (non-hydrogen) atoms. The number of ether oxygens (including phenoxy) is 1. The van der Waals surface area contributed by atoms with Gasteiger partial charge in [-0.3, -0.25) is 0 Å². The van der Waals surface area contributed by atoms with Crippen LogP contribution in [0.15, 0.2) is 30.3 Å². The number of carbonyl (C=O) groups excluding carboxylic acids is 1. The van der Waals surface area contributed by atoms with Crippen LogP contribution in [0.2, 0.25) is 0 Å². The maximum Gasteiger partial charge on any atom is 0.139 e. The van der Waals surface area contributed by atoms with Gasteiger partial charge in [-0.05, 0) is 12.6 Å². The van der Waals surface area contributed by atoms with Gasteiger partial charge in [0.1, 0.15) is 6.29 Å². The van der Waals surface area contributed by atoms with E-state index in [0.29, 0.717) is 13.2 Å². The Morgan fingerprint density at radius 1 is 1.43 bits per heavy atom. The standard InChI is InChI=1S/C11H15NO2/c1-12-11(7-13)9-14-8-10-5-3-2-4-6-10/h2-7,11-12H,8-9H2,1H3. The average Bonchev–Trinajstić information content (AvgIpc) is 2.26. The molecule has 0 saturated heterocycles. The zero-order chi connectivity index (χ0) is 10.2. The van der Waals surface area contributed by atoms with Crippen LogP contribution in [0.1, 0.15) is 5.56 Å². The van der Waals surface area contributed by atoms with Gasteiger partial charge < -0.3 is 14.8 Å². The Balaban J connectivity index is 2.25. The Bertz CT molecular complexity index is 261. The molecule has 0 saturated carbocycles. The van der Waals surface area contributed by atoms with Crippen LogP contribution in [0.5, 0.6) is 0 Å². The van der Waals surface area contributed by atoms with E-state index in [-0.39, 0.29) is 6.04 Å². The van der Waals surface area contributed by atoms with Gasteiger partial charge in [-0.25, -0.2) is 0 Å². The lowest BCUT2D eigenvalue weighted by atomic mass is 10.2. The summed E-state index contributed by atoms with van der Waals surface area (Å²) >= 11 is 0. The molecule has 0 spiro atoms. The second-order valence-corrected chi connectivity index (χ2v) is 3.03. The third kappa shape index (κ3) is 3.68. The van der Waals surface area contributed by atoms with Crippen molar-refractivity contribution < 1.29 is 9.53 Å². The fraction of sp³-hybridized carbons (Fsp3) is 0.364. The highest BCUT2D eigenvalue weighted by atomic mass is 16.5. The minimum Gasteiger partial charge on any atom is -0.375 e. The Labute approximate surface area is 84.1 Å². The van der Waals surface area contributed by atoms with Crippen molar-refractivity contribution >= 4 is 6.29 Å². The Morgan fingerprint density at radius 3 is 2.71 bits per heavy atom. The monoisotopic (exact) mass is 193 g/mol. The molecular formula is C11H15NO2. The van der Waals surface area contributed by atoms with Crippen molar-refractivity contribution in [2.75, 3.05) is 13.7 Å². The SMILES string of the molecule is CNC(C=O)COCc1ccccc1. The first kappa shape index (κ1) is 10.9. The Morgan fingerprint density at radius 2 is 2.14 bits per heavy atom. The fourth-order valence-corrected chi connectivity index (χ4v) is 1.07. The molecule has 0 aliphatic heterocycles. The smallest absolute Gasteiger partial charge is 0.139 e.